The van der Waals surface area contributed by atoms with E-state index in [4.69, 9.17) is 4.74 Å². The van der Waals surface area contributed by atoms with Gasteiger partial charge in [-0.1, -0.05) is 0 Å². The van der Waals surface area contributed by atoms with Gasteiger partial charge in [-0.25, -0.2) is 4.79 Å². The van der Waals surface area contributed by atoms with Gasteiger partial charge < -0.3 is 14.7 Å². The van der Waals surface area contributed by atoms with Crippen LogP contribution in [0.2, 0.25) is 0 Å². The normalized spacial score (nSPS) is 23.3. The van der Waals surface area contributed by atoms with Crippen LogP contribution in [0.4, 0.5) is 4.79 Å². The molecule has 4 heteroatoms. The number of rotatable bonds is 2. The van der Waals surface area contributed by atoms with Crippen LogP contribution < -0.4 is 0 Å². The van der Waals surface area contributed by atoms with E-state index in [2.05, 4.69) is 0 Å². The van der Waals surface area contributed by atoms with Crippen LogP contribution in [-0.4, -0.2) is 40.9 Å². The van der Waals surface area contributed by atoms with Crippen molar-refractivity contribution in [2.75, 3.05) is 13.1 Å². The molecule has 0 aromatic carbocycles. The summed E-state index contributed by atoms with van der Waals surface area (Å²) in [6, 6.07) is 0. The molecule has 1 amide bonds. The topological polar surface area (TPSA) is 49.8 Å². The Morgan fingerprint density at radius 3 is 2.69 bits per heavy atom. The van der Waals surface area contributed by atoms with Gasteiger partial charge >= 0.3 is 6.09 Å². The highest BCUT2D eigenvalue weighted by Crippen LogP contribution is 2.22. The van der Waals surface area contributed by atoms with Gasteiger partial charge in [-0.2, -0.15) is 0 Å². The third-order valence-corrected chi connectivity index (χ3v) is 2.61. The predicted octanol–water partition coefficient (Wildman–Crippen LogP) is 2.01. The van der Waals surface area contributed by atoms with E-state index in [0.717, 1.165) is 19.4 Å². The Balaban J connectivity index is 2.38. The van der Waals surface area contributed by atoms with E-state index in [1.165, 1.54) is 0 Å². The second-order valence-corrected chi connectivity index (χ2v) is 5.67. The number of hydrogen-bond donors (Lipinski definition) is 1. The maximum absolute atomic E-state index is 11.7. The average molecular weight is 229 g/mol. The molecule has 0 aliphatic carbocycles. The molecule has 2 atom stereocenters. The summed E-state index contributed by atoms with van der Waals surface area (Å²) in [6.45, 7) is 8.85. The average Bonchev–Trinajstić information content (AvgIpc) is 2.48. The summed E-state index contributed by atoms with van der Waals surface area (Å²) in [5.41, 5.74) is -0.431. The lowest BCUT2D eigenvalue weighted by Gasteiger charge is -2.24. The van der Waals surface area contributed by atoms with E-state index < -0.39 is 5.60 Å². The lowest BCUT2D eigenvalue weighted by atomic mass is 10.0. The Kier molecular flexibility index (Phi) is 4.19. The maximum Gasteiger partial charge on any atom is 0.410 e. The predicted molar refractivity (Wildman–Crippen MR) is 62.2 cm³/mol. The largest absolute Gasteiger partial charge is 0.444 e. The minimum atomic E-state index is -0.431. The zero-order valence-electron chi connectivity index (χ0n) is 10.7. The molecule has 1 aliphatic rings. The monoisotopic (exact) mass is 229 g/mol. The van der Waals surface area contributed by atoms with Crippen LogP contribution in [0.15, 0.2) is 0 Å². The van der Waals surface area contributed by atoms with Crippen LogP contribution >= 0.6 is 0 Å². The van der Waals surface area contributed by atoms with Crippen LogP contribution in [0.1, 0.15) is 40.5 Å². The molecule has 0 saturated carbocycles. The second kappa shape index (κ2) is 5.04. The molecule has 1 saturated heterocycles. The van der Waals surface area contributed by atoms with Gasteiger partial charge in [-0.15, -0.1) is 0 Å². The molecule has 1 heterocycles. The molecule has 0 aromatic rings. The van der Waals surface area contributed by atoms with Gasteiger partial charge in [0.15, 0.2) is 0 Å². The van der Waals surface area contributed by atoms with Gasteiger partial charge in [0.1, 0.15) is 5.60 Å². The number of amides is 1. The van der Waals surface area contributed by atoms with Gasteiger partial charge in [-0.3, -0.25) is 0 Å². The summed E-state index contributed by atoms with van der Waals surface area (Å²) in [6.07, 6.45) is 1.20. The van der Waals surface area contributed by atoms with Gasteiger partial charge in [0, 0.05) is 13.1 Å². The molecular formula is C12H23NO3. The van der Waals surface area contributed by atoms with Gasteiger partial charge in [0.2, 0.25) is 0 Å². The molecule has 2 unspecified atom stereocenters. The third kappa shape index (κ3) is 4.39. The van der Waals surface area contributed by atoms with Crippen molar-refractivity contribution in [1.29, 1.82) is 0 Å². The fourth-order valence-corrected chi connectivity index (χ4v) is 2.00. The van der Waals surface area contributed by atoms with E-state index in [1.807, 2.05) is 20.8 Å². The van der Waals surface area contributed by atoms with Crippen LogP contribution in [0.3, 0.4) is 0 Å². The number of likely N-dealkylation sites (tertiary alicyclic amines) is 1. The fourth-order valence-electron chi connectivity index (χ4n) is 2.00. The zero-order chi connectivity index (χ0) is 12.3. The highest BCUT2D eigenvalue weighted by atomic mass is 16.6. The Morgan fingerprint density at radius 2 is 2.19 bits per heavy atom. The number of aliphatic hydroxyl groups is 1. The van der Waals surface area contributed by atoms with Crippen molar-refractivity contribution in [3.63, 3.8) is 0 Å². The summed E-state index contributed by atoms with van der Waals surface area (Å²) >= 11 is 0. The number of hydrogen-bond acceptors (Lipinski definition) is 3. The minimum absolute atomic E-state index is 0.236. The lowest BCUT2D eigenvalue weighted by molar-refractivity contribution is 0.0283. The van der Waals surface area contributed by atoms with Crippen LogP contribution in [0.5, 0.6) is 0 Å². The summed E-state index contributed by atoms with van der Waals surface area (Å²) in [5.74, 6) is 0.410. The molecule has 1 fully saturated rings. The molecule has 0 radical (unpaired) electrons. The SMILES string of the molecule is CC(O)CC1CCN(C(=O)OC(C)(C)C)C1. The fraction of sp³-hybridized carbons (Fsp3) is 0.917. The van der Waals surface area contributed by atoms with Crippen molar-refractivity contribution >= 4 is 6.09 Å². The molecule has 1 N–H and O–H groups in total. The summed E-state index contributed by atoms with van der Waals surface area (Å²) in [4.78, 5) is 13.5. The molecule has 0 aromatic heterocycles. The van der Waals surface area contributed by atoms with E-state index in [0.29, 0.717) is 12.5 Å². The summed E-state index contributed by atoms with van der Waals surface area (Å²) in [5, 5.41) is 9.29. The van der Waals surface area contributed by atoms with Crippen molar-refractivity contribution in [2.45, 2.75) is 52.2 Å². The maximum atomic E-state index is 11.7. The van der Waals surface area contributed by atoms with Gasteiger partial charge in [-0.05, 0) is 46.5 Å². The summed E-state index contributed by atoms with van der Waals surface area (Å²) in [7, 11) is 0. The van der Waals surface area contributed by atoms with Gasteiger partial charge in [0.05, 0.1) is 6.10 Å². The Morgan fingerprint density at radius 1 is 1.56 bits per heavy atom. The smallest absolute Gasteiger partial charge is 0.410 e. The number of ether oxygens (including phenoxy) is 1. The van der Waals surface area contributed by atoms with E-state index in [9.17, 15) is 9.90 Å². The Hall–Kier alpha value is -0.770. The quantitative estimate of drug-likeness (QED) is 0.788. The molecule has 94 valence electrons. The molecule has 0 bridgehead atoms. The summed E-state index contributed by atoms with van der Waals surface area (Å²) < 4.78 is 5.30. The number of carbonyl (C=O) groups excluding carboxylic acids is 1. The minimum Gasteiger partial charge on any atom is -0.444 e. The number of aliphatic hydroxyl groups excluding tert-OH is 1. The Bertz CT molecular complexity index is 245. The number of carbonyl (C=O) groups is 1. The molecule has 16 heavy (non-hydrogen) atoms. The first-order valence-electron chi connectivity index (χ1n) is 5.94. The van der Waals surface area contributed by atoms with Gasteiger partial charge in [0.25, 0.3) is 0 Å². The Labute approximate surface area is 97.6 Å². The highest BCUT2D eigenvalue weighted by molar-refractivity contribution is 5.68. The van der Waals surface area contributed by atoms with E-state index in [-0.39, 0.29) is 12.2 Å². The van der Waals surface area contributed by atoms with E-state index >= 15 is 0 Å². The van der Waals surface area contributed by atoms with Crippen LogP contribution in [0, 0.1) is 5.92 Å². The molecule has 1 aliphatic heterocycles. The molecule has 1 rings (SSSR count). The highest BCUT2D eigenvalue weighted by Gasteiger charge is 2.29. The van der Waals surface area contributed by atoms with Crippen molar-refractivity contribution < 1.29 is 14.6 Å². The standard InChI is InChI=1S/C12H23NO3/c1-9(14)7-10-5-6-13(8-10)11(15)16-12(2,3)4/h9-10,14H,5-8H2,1-4H3. The molecular weight excluding hydrogens is 206 g/mol. The first kappa shape index (κ1) is 13.3. The zero-order valence-corrected chi connectivity index (χ0v) is 10.7. The van der Waals surface area contributed by atoms with Crippen LogP contribution in [0.25, 0.3) is 0 Å². The van der Waals surface area contributed by atoms with E-state index in [1.54, 1.807) is 11.8 Å². The van der Waals surface area contributed by atoms with Crippen molar-refractivity contribution in [1.82, 2.24) is 4.90 Å². The lowest BCUT2D eigenvalue weighted by Crippen LogP contribution is -2.35. The van der Waals surface area contributed by atoms with Crippen molar-refractivity contribution in [3.8, 4) is 0 Å². The first-order valence-corrected chi connectivity index (χ1v) is 5.94. The first-order chi connectivity index (χ1) is 7.28. The number of nitrogens with zero attached hydrogens (tertiary/aromatic N) is 1. The van der Waals surface area contributed by atoms with Crippen molar-refractivity contribution in [3.05, 3.63) is 0 Å². The molecule has 0 spiro atoms. The van der Waals surface area contributed by atoms with Crippen molar-refractivity contribution in [2.24, 2.45) is 5.92 Å². The third-order valence-electron chi connectivity index (χ3n) is 2.61. The molecule has 4 nitrogen and oxygen atoms in total. The van der Waals surface area contributed by atoms with Crippen LogP contribution in [-0.2, 0) is 4.74 Å². The second-order valence-electron chi connectivity index (χ2n) is 5.67.